The first-order chi connectivity index (χ1) is 11.7. The molecule has 1 fully saturated rings. The van der Waals surface area contributed by atoms with Crippen molar-refractivity contribution in [3.8, 4) is 6.07 Å². The summed E-state index contributed by atoms with van der Waals surface area (Å²) in [7, 11) is 0. The van der Waals surface area contributed by atoms with E-state index in [0.717, 1.165) is 41.7 Å². The van der Waals surface area contributed by atoms with Crippen LogP contribution in [0.3, 0.4) is 0 Å². The smallest absolute Gasteiger partial charge is 0.268 e. The van der Waals surface area contributed by atoms with E-state index in [0.29, 0.717) is 0 Å². The highest BCUT2D eigenvalue weighted by molar-refractivity contribution is 5.95. The highest BCUT2D eigenvalue weighted by atomic mass is 16.1. The number of pyridine rings is 1. The Morgan fingerprint density at radius 1 is 1.33 bits per heavy atom. The van der Waals surface area contributed by atoms with Gasteiger partial charge in [0.05, 0.1) is 17.2 Å². The zero-order chi connectivity index (χ0) is 16.7. The van der Waals surface area contributed by atoms with E-state index in [1.54, 1.807) is 12.7 Å². The topological polar surface area (TPSA) is 90.6 Å². The molecule has 1 atom stereocenters. The average Bonchev–Trinajstić information content (AvgIpc) is 3.25. The highest BCUT2D eigenvalue weighted by Gasteiger charge is 2.28. The second kappa shape index (κ2) is 5.49. The van der Waals surface area contributed by atoms with E-state index in [9.17, 15) is 10.1 Å². The summed E-state index contributed by atoms with van der Waals surface area (Å²) in [6, 6.07) is 8.20. The molecule has 1 N–H and O–H groups in total. The van der Waals surface area contributed by atoms with Crippen molar-refractivity contribution in [1.82, 2.24) is 19.7 Å². The number of hydrogen-bond donors (Lipinski definition) is 1. The zero-order valence-corrected chi connectivity index (χ0v) is 13.2. The summed E-state index contributed by atoms with van der Waals surface area (Å²) in [5.41, 5.74) is 2.42. The third kappa shape index (κ3) is 2.24. The first kappa shape index (κ1) is 14.5. The van der Waals surface area contributed by atoms with Crippen LogP contribution in [0.5, 0.6) is 0 Å². The van der Waals surface area contributed by atoms with E-state index >= 15 is 0 Å². The van der Waals surface area contributed by atoms with Crippen LogP contribution in [0.1, 0.15) is 23.6 Å². The molecule has 2 aromatic heterocycles. The van der Waals surface area contributed by atoms with Gasteiger partial charge in [0, 0.05) is 18.5 Å². The maximum atomic E-state index is 12.3. The van der Waals surface area contributed by atoms with E-state index in [1.165, 1.54) is 0 Å². The lowest BCUT2D eigenvalue weighted by atomic mass is 10.1. The molecule has 0 amide bonds. The predicted molar refractivity (Wildman–Crippen MR) is 89.9 cm³/mol. The van der Waals surface area contributed by atoms with Crippen molar-refractivity contribution in [1.29, 1.82) is 5.26 Å². The quantitative estimate of drug-likeness (QED) is 0.777. The molecule has 3 aromatic rings. The van der Waals surface area contributed by atoms with E-state index in [2.05, 4.69) is 26.2 Å². The van der Waals surface area contributed by atoms with Gasteiger partial charge in [0.15, 0.2) is 0 Å². The number of nitriles is 1. The molecular formula is C17H16N6O. The van der Waals surface area contributed by atoms with E-state index < -0.39 is 0 Å². The molecule has 4 rings (SSSR count). The third-order valence-electron chi connectivity index (χ3n) is 4.59. The van der Waals surface area contributed by atoms with Crippen LogP contribution in [-0.4, -0.2) is 32.8 Å². The van der Waals surface area contributed by atoms with Crippen molar-refractivity contribution < 1.29 is 0 Å². The molecule has 1 aromatic carbocycles. The minimum Gasteiger partial charge on any atom is -0.368 e. The lowest BCUT2D eigenvalue weighted by Crippen LogP contribution is -2.25. The van der Waals surface area contributed by atoms with Crippen molar-refractivity contribution in [2.45, 2.75) is 19.4 Å². The first-order valence-electron chi connectivity index (χ1n) is 7.83. The summed E-state index contributed by atoms with van der Waals surface area (Å²) in [5.74, 6) is 0. The number of fused-ring (bicyclic) bond motifs is 1. The van der Waals surface area contributed by atoms with Crippen molar-refractivity contribution in [3.63, 3.8) is 0 Å². The van der Waals surface area contributed by atoms with Gasteiger partial charge in [-0.3, -0.25) is 4.79 Å². The Balaban J connectivity index is 1.85. The SMILES string of the molecule is Cc1ccc2[nH]c(=O)c(C#N)c(N3CC[C@@H](n4cnnc4)C3)c2c1. The van der Waals surface area contributed by atoms with E-state index in [4.69, 9.17) is 0 Å². The summed E-state index contributed by atoms with van der Waals surface area (Å²) in [6.07, 6.45) is 4.34. The predicted octanol–water partition coefficient (Wildman–Crippen LogP) is 1.75. The largest absolute Gasteiger partial charge is 0.368 e. The number of benzene rings is 1. The number of aromatic amines is 1. The number of H-pyrrole nitrogens is 1. The fraction of sp³-hybridized carbons (Fsp3) is 0.294. The Kier molecular flexibility index (Phi) is 3.31. The van der Waals surface area contributed by atoms with Gasteiger partial charge in [-0.2, -0.15) is 5.26 Å². The molecule has 1 aliphatic rings. The fourth-order valence-corrected chi connectivity index (χ4v) is 3.41. The van der Waals surface area contributed by atoms with E-state index in [-0.39, 0.29) is 17.2 Å². The molecule has 0 saturated carbocycles. The van der Waals surface area contributed by atoms with Gasteiger partial charge in [-0.15, -0.1) is 10.2 Å². The van der Waals surface area contributed by atoms with Crippen molar-refractivity contribution in [2.24, 2.45) is 0 Å². The number of nitrogens with one attached hydrogen (secondary N) is 1. The second-order valence-corrected chi connectivity index (χ2v) is 6.14. The van der Waals surface area contributed by atoms with E-state index in [1.807, 2.05) is 29.7 Å². The number of rotatable bonds is 2. The van der Waals surface area contributed by atoms with Gasteiger partial charge >= 0.3 is 0 Å². The van der Waals surface area contributed by atoms with Gasteiger partial charge < -0.3 is 14.5 Å². The first-order valence-corrected chi connectivity index (χ1v) is 7.83. The minimum absolute atomic E-state index is 0.178. The summed E-state index contributed by atoms with van der Waals surface area (Å²) in [4.78, 5) is 17.2. The van der Waals surface area contributed by atoms with Crippen LogP contribution in [-0.2, 0) is 0 Å². The average molecular weight is 320 g/mol. The highest BCUT2D eigenvalue weighted by Crippen LogP contribution is 2.33. The molecule has 0 spiro atoms. The van der Waals surface area contributed by atoms with Gasteiger partial charge in [0.1, 0.15) is 24.3 Å². The van der Waals surface area contributed by atoms with Crippen LogP contribution in [0.15, 0.2) is 35.6 Å². The molecule has 24 heavy (non-hydrogen) atoms. The molecule has 0 bridgehead atoms. The molecule has 7 nitrogen and oxygen atoms in total. The Labute approximate surface area is 138 Å². The standard InChI is InChI=1S/C17H16N6O/c1-11-2-3-15-13(6-11)16(14(7-18)17(24)21-15)22-5-4-12(8-22)23-9-19-20-10-23/h2-3,6,9-10,12H,4-5,8H2,1H3,(H,21,24)/t12-/m1/s1. The normalized spacial score (nSPS) is 17.3. The van der Waals surface area contributed by atoms with Gasteiger partial charge in [-0.05, 0) is 25.5 Å². The van der Waals surface area contributed by atoms with Crippen LogP contribution in [0, 0.1) is 18.3 Å². The lowest BCUT2D eigenvalue weighted by Gasteiger charge is -2.22. The van der Waals surface area contributed by atoms with Crippen molar-refractivity contribution >= 4 is 16.6 Å². The van der Waals surface area contributed by atoms with Gasteiger partial charge in [0.25, 0.3) is 5.56 Å². The molecule has 7 heteroatoms. The summed E-state index contributed by atoms with van der Waals surface area (Å²) in [5, 5.41) is 18.2. The maximum absolute atomic E-state index is 12.3. The van der Waals surface area contributed by atoms with Crippen LogP contribution in [0.4, 0.5) is 5.69 Å². The summed E-state index contributed by atoms with van der Waals surface area (Å²) < 4.78 is 1.98. The Hall–Kier alpha value is -3.14. The Morgan fingerprint density at radius 2 is 2.12 bits per heavy atom. The monoisotopic (exact) mass is 320 g/mol. The maximum Gasteiger partial charge on any atom is 0.268 e. The lowest BCUT2D eigenvalue weighted by molar-refractivity contribution is 0.550. The van der Waals surface area contributed by atoms with Gasteiger partial charge in [-0.1, -0.05) is 11.6 Å². The summed E-state index contributed by atoms with van der Waals surface area (Å²) in [6.45, 7) is 3.51. The third-order valence-corrected chi connectivity index (χ3v) is 4.59. The summed E-state index contributed by atoms with van der Waals surface area (Å²) >= 11 is 0. The minimum atomic E-state index is -0.336. The van der Waals surface area contributed by atoms with Gasteiger partial charge in [0.2, 0.25) is 0 Å². The molecule has 120 valence electrons. The van der Waals surface area contributed by atoms with Crippen LogP contribution >= 0.6 is 0 Å². The van der Waals surface area contributed by atoms with Crippen LogP contribution in [0.25, 0.3) is 10.9 Å². The van der Waals surface area contributed by atoms with Crippen LogP contribution in [0.2, 0.25) is 0 Å². The molecule has 0 unspecified atom stereocenters. The number of aryl methyl sites for hydroxylation is 1. The number of nitrogens with zero attached hydrogens (tertiary/aromatic N) is 5. The molecular weight excluding hydrogens is 304 g/mol. The van der Waals surface area contributed by atoms with Crippen LogP contribution < -0.4 is 10.5 Å². The second-order valence-electron chi connectivity index (χ2n) is 6.14. The van der Waals surface area contributed by atoms with Gasteiger partial charge in [-0.25, -0.2) is 0 Å². The Morgan fingerprint density at radius 3 is 2.88 bits per heavy atom. The zero-order valence-electron chi connectivity index (χ0n) is 13.2. The molecule has 3 heterocycles. The molecule has 0 radical (unpaired) electrons. The number of hydrogen-bond acceptors (Lipinski definition) is 5. The number of anilines is 1. The fourth-order valence-electron chi connectivity index (χ4n) is 3.41. The molecule has 1 aliphatic heterocycles. The molecule has 0 aliphatic carbocycles. The number of aromatic nitrogens is 4. The molecule has 1 saturated heterocycles. The van der Waals surface area contributed by atoms with Crippen molar-refractivity contribution in [2.75, 3.05) is 18.0 Å². The Bertz CT molecular complexity index is 998. The van der Waals surface area contributed by atoms with Crippen molar-refractivity contribution in [3.05, 3.63) is 52.3 Å².